The minimum atomic E-state index is -0.192. The molecule has 172 valence electrons. The van der Waals surface area contributed by atoms with Crippen molar-refractivity contribution in [2.75, 3.05) is 37.9 Å². The highest BCUT2D eigenvalue weighted by atomic mass is 32.1. The van der Waals surface area contributed by atoms with Crippen LogP contribution >= 0.6 is 11.3 Å². The van der Waals surface area contributed by atoms with Crippen LogP contribution in [0.5, 0.6) is 5.75 Å². The van der Waals surface area contributed by atoms with Gasteiger partial charge in [-0.05, 0) is 67.7 Å². The second-order valence-electron chi connectivity index (χ2n) is 8.53. The number of hydrogen-bond acceptors (Lipinski definition) is 6. The molecular formula is C24H31N3O4S. The van der Waals surface area contributed by atoms with E-state index in [1.807, 2.05) is 24.3 Å². The minimum Gasteiger partial charge on any atom is -0.497 e. The fraction of sp³-hybridized carbons (Fsp3) is 0.500. The first kappa shape index (κ1) is 22.5. The van der Waals surface area contributed by atoms with Crippen molar-refractivity contribution >= 4 is 34.0 Å². The van der Waals surface area contributed by atoms with E-state index in [0.29, 0.717) is 31.1 Å². The zero-order chi connectivity index (χ0) is 22.5. The second kappa shape index (κ2) is 10.3. The quantitative estimate of drug-likeness (QED) is 0.648. The molecule has 4 rings (SSSR count). The number of nitrogen functional groups attached to an aromatic ring is 1. The SMILES string of the molecule is COc1cccc(CCC(=O)Nc2sc3c(c2N)CCC(COC(=O)N2CCCC2)C3)c1. The zero-order valence-corrected chi connectivity index (χ0v) is 19.3. The van der Waals surface area contributed by atoms with Gasteiger partial charge in [0.15, 0.2) is 0 Å². The third-order valence-corrected chi connectivity index (χ3v) is 7.43. The van der Waals surface area contributed by atoms with Gasteiger partial charge in [0.2, 0.25) is 5.91 Å². The number of amides is 2. The Bertz CT molecular complexity index is 968. The molecule has 1 aliphatic carbocycles. The Morgan fingerprint density at radius 1 is 1.28 bits per heavy atom. The molecular weight excluding hydrogens is 426 g/mol. The monoisotopic (exact) mass is 457 g/mol. The highest BCUT2D eigenvalue weighted by Gasteiger charge is 2.27. The van der Waals surface area contributed by atoms with Crippen molar-refractivity contribution < 1.29 is 19.1 Å². The van der Waals surface area contributed by atoms with Gasteiger partial charge in [-0.15, -0.1) is 11.3 Å². The molecule has 8 heteroatoms. The maximum atomic E-state index is 12.5. The molecule has 0 bridgehead atoms. The number of methoxy groups -OCH3 is 1. The predicted octanol–water partition coefficient (Wildman–Crippen LogP) is 4.25. The lowest BCUT2D eigenvalue weighted by Gasteiger charge is -2.23. The van der Waals surface area contributed by atoms with Crippen LogP contribution in [-0.4, -0.2) is 43.7 Å². The zero-order valence-electron chi connectivity index (χ0n) is 18.5. The molecule has 2 amide bonds. The van der Waals surface area contributed by atoms with Gasteiger partial charge in [0, 0.05) is 24.4 Å². The Kier molecular flexibility index (Phi) is 7.19. The Labute approximate surface area is 192 Å². The number of rotatable bonds is 7. The van der Waals surface area contributed by atoms with E-state index < -0.39 is 0 Å². The lowest BCUT2D eigenvalue weighted by molar-refractivity contribution is -0.116. The third kappa shape index (κ3) is 5.35. The molecule has 1 saturated heterocycles. The highest BCUT2D eigenvalue weighted by Crippen LogP contribution is 2.41. The van der Waals surface area contributed by atoms with Crippen LogP contribution in [0.2, 0.25) is 0 Å². The molecule has 1 atom stereocenters. The molecule has 1 aromatic heterocycles. The van der Waals surface area contributed by atoms with Crippen molar-refractivity contribution in [1.29, 1.82) is 0 Å². The molecule has 2 aromatic rings. The summed E-state index contributed by atoms with van der Waals surface area (Å²) in [5.41, 5.74) is 9.24. The summed E-state index contributed by atoms with van der Waals surface area (Å²) in [5, 5.41) is 3.74. The minimum absolute atomic E-state index is 0.0470. The lowest BCUT2D eigenvalue weighted by atomic mass is 9.89. The summed E-state index contributed by atoms with van der Waals surface area (Å²) in [6, 6.07) is 7.75. The maximum absolute atomic E-state index is 12.5. The third-order valence-electron chi connectivity index (χ3n) is 6.24. The molecule has 0 radical (unpaired) electrons. The van der Waals surface area contributed by atoms with Crippen molar-refractivity contribution in [2.45, 2.75) is 44.9 Å². The number of nitrogens with zero attached hydrogens (tertiary/aromatic N) is 1. The average Bonchev–Trinajstić information content (AvgIpc) is 3.45. The van der Waals surface area contributed by atoms with Gasteiger partial charge < -0.3 is 25.4 Å². The normalized spacial score (nSPS) is 17.7. The van der Waals surface area contributed by atoms with E-state index in [1.54, 1.807) is 23.3 Å². The van der Waals surface area contributed by atoms with Gasteiger partial charge in [-0.3, -0.25) is 4.79 Å². The summed E-state index contributed by atoms with van der Waals surface area (Å²) in [7, 11) is 1.63. The van der Waals surface area contributed by atoms with Crippen LogP contribution in [0.15, 0.2) is 24.3 Å². The topological polar surface area (TPSA) is 93.9 Å². The number of hydrogen-bond donors (Lipinski definition) is 2. The number of anilines is 2. The number of nitrogens with two attached hydrogens (primary N) is 1. The molecule has 1 unspecified atom stereocenters. The summed E-state index contributed by atoms with van der Waals surface area (Å²) >= 11 is 1.55. The van der Waals surface area contributed by atoms with Gasteiger partial charge in [0.1, 0.15) is 10.8 Å². The molecule has 32 heavy (non-hydrogen) atoms. The summed E-state index contributed by atoms with van der Waals surface area (Å²) in [6.45, 7) is 2.04. The Morgan fingerprint density at radius 3 is 2.88 bits per heavy atom. The van der Waals surface area contributed by atoms with E-state index in [9.17, 15) is 9.59 Å². The Morgan fingerprint density at radius 2 is 2.09 bits per heavy atom. The van der Waals surface area contributed by atoms with E-state index in [0.717, 1.165) is 67.1 Å². The smallest absolute Gasteiger partial charge is 0.409 e. The predicted molar refractivity (Wildman–Crippen MR) is 126 cm³/mol. The van der Waals surface area contributed by atoms with Crippen LogP contribution in [0.25, 0.3) is 0 Å². The van der Waals surface area contributed by atoms with Crippen molar-refractivity contribution in [3.8, 4) is 5.75 Å². The van der Waals surface area contributed by atoms with Crippen molar-refractivity contribution in [1.82, 2.24) is 4.90 Å². The number of carbonyl (C=O) groups excluding carboxylic acids is 2. The van der Waals surface area contributed by atoms with Crippen LogP contribution in [0, 0.1) is 5.92 Å². The van der Waals surface area contributed by atoms with Gasteiger partial charge >= 0.3 is 6.09 Å². The summed E-state index contributed by atoms with van der Waals surface area (Å²) < 4.78 is 10.8. The number of ether oxygens (including phenoxy) is 2. The van der Waals surface area contributed by atoms with Crippen molar-refractivity contribution in [3.05, 3.63) is 40.3 Å². The molecule has 1 aliphatic heterocycles. The number of likely N-dealkylation sites (tertiary alicyclic amines) is 1. The van der Waals surface area contributed by atoms with Crippen LogP contribution in [0.1, 0.15) is 41.7 Å². The molecule has 1 fully saturated rings. The number of nitrogens with one attached hydrogen (secondary N) is 1. The fourth-order valence-electron chi connectivity index (χ4n) is 4.37. The largest absolute Gasteiger partial charge is 0.497 e. The van der Waals surface area contributed by atoms with Crippen LogP contribution in [-0.2, 0) is 28.8 Å². The maximum Gasteiger partial charge on any atom is 0.409 e. The molecule has 0 spiro atoms. The molecule has 2 aliphatic rings. The number of fused-ring (bicyclic) bond motifs is 1. The standard InChI is InChI=1S/C24H31N3O4S/c1-30-18-6-4-5-16(13-18)8-10-21(28)26-23-22(25)19-9-7-17(14-20(19)32-23)15-31-24(29)27-11-2-3-12-27/h4-6,13,17H,2-3,7-12,14-15,25H2,1H3,(H,26,28). The Balaban J connectivity index is 1.29. The first-order chi connectivity index (χ1) is 15.5. The lowest BCUT2D eigenvalue weighted by Crippen LogP contribution is -2.30. The summed E-state index contributed by atoms with van der Waals surface area (Å²) in [4.78, 5) is 27.6. The van der Waals surface area contributed by atoms with Gasteiger partial charge in [-0.2, -0.15) is 0 Å². The van der Waals surface area contributed by atoms with Crippen LogP contribution < -0.4 is 15.8 Å². The molecule has 1 aromatic carbocycles. The molecule has 7 nitrogen and oxygen atoms in total. The average molecular weight is 458 g/mol. The van der Waals surface area contributed by atoms with E-state index in [2.05, 4.69) is 5.32 Å². The molecule has 2 heterocycles. The van der Waals surface area contributed by atoms with E-state index in [1.165, 1.54) is 4.88 Å². The first-order valence-corrected chi connectivity index (χ1v) is 12.1. The first-order valence-electron chi connectivity index (χ1n) is 11.3. The summed E-state index contributed by atoms with van der Waals surface area (Å²) in [5.74, 6) is 1.04. The van der Waals surface area contributed by atoms with Crippen molar-refractivity contribution in [2.24, 2.45) is 5.92 Å². The van der Waals surface area contributed by atoms with Gasteiger partial charge in [-0.1, -0.05) is 12.1 Å². The van der Waals surface area contributed by atoms with Crippen molar-refractivity contribution in [3.63, 3.8) is 0 Å². The van der Waals surface area contributed by atoms with Gasteiger partial charge in [-0.25, -0.2) is 4.79 Å². The summed E-state index contributed by atoms with van der Waals surface area (Å²) in [6.07, 6.45) is 5.56. The van der Waals surface area contributed by atoms with E-state index in [-0.39, 0.29) is 12.0 Å². The van der Waals surface area contributed by atoms with Gasteiger partial charge in [0.25, 0.3) is 0 Å². The number of aryl methyl sites for hydroxylation is 1. The number of benzene rings is 1. The Hall–Kier alpha value is -2.74. The fourth-order valence-corrected chi connectivity index (χ4v) is 5.67. The van der Waals surface area contributed by atoms with E-state index >= 15 is 0 Å². The van der Waals surface area contributed by atoms with Crippen LogP contribution in [0.4, 0.5) is 15.5 Å². The highest BCUT2D eigenvalue weighted by molar-refractivity contribution is 7.17. The number of thiophene rings is 1. The van der Waals surface area contributed by atoms with Gasteiger partial charge in [0.05, 0.1) is 19.4 Å². The van der Waals surface area contributed by atoms with Crippen LogP contribution in [0.3, 0.4) is 0 Å². The second-order valence-corrected chi connectivity index (χ2v) is 9.63. The molecule has 0 saturated carbocycles. The molecule has 3 N–H and O–H groups in total. The van der Waals surface area contributed by atoms with E-state index in [4.69, 9.17) is 15.2 Å². The number of carbonyl (C=O) groups is 2.